The normalized spacial score (nSPS) is 13.1. The van der Waals surface area contributed by atoms with Crippen LogP contribution in [0.4, 0.5) is 11.4 Å². The zero-order valence-electron chi connectivity index (χ0n) is 12.5. The van der Waals surface area contributed by atoms with Crippen LogP contribution in [0, 0.1) is 6.92 Å². The molecule has 3 rings (SSSR count). The van der Waals surface area contributed by atoms with E-state index in [0.717, 1.165) is 24.2 Å². The molecule has 1 amide bonds. The topological polar surface area (TPSA) is 23.6 Å². The minimum atomic E-state index is 0.126. The lowest BCUT2D eigenvalue weighted by molar-refractivity contribution is -0.117. The van der Waals surface area contributed by atoms with Crippen LogP contribution in [0.1, 0.15) is 11.1 Å². The molecule has 3 heteroatoms. The van der Waals surface area contributed by atoms with Crippen molar-refractivity contribution in [1.82, 2.24) is 0 Å². The molecule has 0 radical (unpaired) electrons. The smallest absolute Gasteiger partial charge is 0.246 e. The highest BCUT2D eigenvalue weighted by atomic mass is 16.2. The molecule has 0 aromatic heterocycles. The monoisotopic (exact) mass is 280 g/mol. The average Bonchev–Trinajstić information content (AvgIpc) is 2.90. The molecule has 0 bridgehead atoms. The fourth-order valence-corrected chi connectivity index (χ4v) is 2.91. The number of nitrogens with zero attached hydrogens (tertiary/aromatic N) is 2. The lowest BCUT2D eigenvalue weighted by atomic mass is 10.2. The van der Waals surface area contributed by atoms with Crippen molar-refractivity contribution in [1.29, 1.82) is 0 Å². The van der Waals surface area contributed by atoms with Gasteiger partial charge in [0.05, 0.1) is 6.54 Å². The van der Waals surface area contributed by atoms with Gasteiger partial charge in [0, 0.05) is 25.0 Å². The third kappa shape index (κ3) is 2.64. The number of aryl methyl sites for hydroxylation is 1. The van der Waals surface area contributed by atoms with Gasteiger partial charge in [0.25, 0.3) is 0 Å². The Bertz CT molecular complexity index is 666. The first-order valence-electron chi connectivity index (χ1n) is 7.32. The minimum absolute atomic E-state index is 0.126. The Morgan fingerprint density at radius 3 is 2.67 bits per heavy atom. The van der Waals surface area contributed by atoms with E-state index in [2.05, 4.69) is 23.1 Å². The first-order chi connectivity index (χ1) is 10.2. The van der Waals surface area contributed by atoms with Crippen molar-refractivity contribution in [2.45, 2.75) is 13.3 Å². The van der Waals surface area contributed by atoms with Crippen molar-refractivity contribution in [2.24, 2.45) is 0 Å². The zero-order chi connectivity index (χ0) is 14.8. The van der Waals surface area contributed by atoms with Gasteiger partial charge in [-0.15, -0.1) is 0 Å². The van der Waals surface area contributed by atoms with E-state index in [-0.39, 0.29) is 5.91 Å². The second-order valence-corrected chi connectivity index (χ2v) is 5.54. The summed E-state index contributed by atoms with van der Waals surface area (Å²) in [7, 11) is 1.85. The maximum Gasteiger partial charge on any atom is 0.246 e. The summed E-state index contributed by atoms with van der Waals surface area (Å²) < 4.78 is 0. The lowest BCUT2D eigenvalue weighted by Gasteiger charge is -2.24. The van der Waals surface area contributed by atoms with E-state index < -0.39 is 0 Å². The third-order valence-electron chi connectivity index (χ3n) is 4.16. The standard InChI is InChI=1S/C18H20N2O/c1-14-7-3-5-9-16(14)19(2)18(21)13-20-12-11-15-8-4-6-10-17(15)20/h3-10H,11-13H2,1-2H3. The Morgan fingerprint density at radius 2 is 1.86 bits per heavy atom. The first kappa shape index (κ1) is 13.7. The molecule has 1 aliphatic heterocycles. The van der Waals surface area contributed by atoms with Gasteiger partial charge in [0.1, 0.15) is 0 Å². The van der Waals surface area contributed by atoms with E-state index in [1.165, 1.54) is 11.3 Å². The van der Waals surface area contributed by atoms with Crippen molar-refractivity contribution >= 4 is 17.3 Å². The van der Waals surface area contributed by atoms with Crippen LogP contribution < -0.4 is 9.80 Å². The van der Waals surface area contributed by atoms with Crippen LogP contribution in [0.5, 0.6) is 0 Å². The van der Waals surface area contributed by atoms with Crippen molar-refractivity contribution in [2.75, 3.05) is 29.9 Å². The molecule has 0 aliphatic carbocycles. The Balaban J connectivity index is 1.74. The fraction of sp³-hybridized carbons (Fsp3) is 0.278. The van der Waals surface area contributed by atoms with E-state index in [4.69, 9.17) is 0 Å². The van der Waals surface area contributed by atoms with Crippen molar-refractivity contribution < 1.29 is 4.79 Å². The molecule has 2 aromatic carbocycles. The number of para-hydroxylation sites is 2. The molecule has 0 spiro atoms. The molecule has 21 heavy (non-hydrogen) atoms. The summed E-state index contributed by atoms with van der Waals surface area (Å²) in [5.74, 6) is 0.126. The number of hydrogen-bond acceptors (Lipinski definition) is 2. The summed E-state index contributed by atoms with van der Waals surface area (Å²) >= 11 is 0. The zero-order valence-corrected chi connectivity index (χ0v) is 12.5. The predicted molar refractivity (Wildman–Crippen MR) is 86.9 cm³/mol. The average molecular weight is 280 g/mol. The van der Waals surface area contributed by atoms with Gasteiger partial charge in [0.15, 0.2) is 0 Å². The van der Waals surface area contributed by atoms with Crippen LogP contribution in [-0.4, -0.2) is 26.0 Å². The summed E-state index contributed by atoms with van der Waals surface area (Å²) in [5, 5.41) is 0. The molecule has 1 heterocycles. The summed E-state index contributed by atoms with van der Waals surface area (Å²) in [6.45, 7) is 3.39. The Labute approximate surface area is 125 Å². The highest BCUT2D eigenvalue weighted by Gasteiger charge is 2.22. The second kappa shape index (κ2) is 5.60. The van der Waals surface area contributed by atoms with Gasteiger partial charge in [0.2, 0.25) is 5.91 Å². The molecule has 0 saturated heterocycles. The minimum Gasteiger partial charge on any atom is -0.362 e. The van der Waals surface area contributed by atoms with Gasteiger partial charge in [-0.3, -0.25) is 4.79 Å². The van der Waals surface area contributed by atoms with Crippen molar-refractivity contribution in [3.63, 3.8) is 0 Å². The number of hydrogen-bond donors (Lipinski definition) is 0. The molecule has 2 aromatic rings. The molecular weight excluding hydrogens is 260 g/mol. The van der Waals surface area contributed by atoms with Gasteiger partial charge < -0.3 is 9.80 Å². The molecule has 1 aliphatic rings. The number of rotatable bonds is 3. The van der Waals surface area contributed by atoms with Gasteiger partial charge in [-0.05, 0) is 36.6 Å². The first-order valence-corrected chi connectivity index (χ1v) is 7.32. The third-order valence-corrected chi connectivity index (χ3v) is 4.16. The summed E-state index contributed by atoms with van der Waals surface area (Å²) in [6.07, 6.45) is 1.03. The predicted octanol–water partition coefficient (Wildman–Crippen LogP) is 3.02. The van der Waals surface area contributed by atoms with Crippen LogP contribution in [0.15, 0.2) is 48.5 Å². The second-order valence-electron chi connectivity index (χ2n) is 5.54. The molecule has 0 atom stereocenters. The van der Waals surface area contributed by atoms with Crippen molar-refractivity contribution in [3.05, 3.63) is 59.7 Å². The molecule has 0 fully saturated rings. The molecule has 0 saturated carbocycles. The highest BCUT2D eigenvalue weighted by molar-refractivity contribution is 5.96. The van der Waals surface area contributed by atoms with Crippen LogP contribution >= 0.6 is 0 Å². The Morgan fingerprint density at radius 1 is 1.14 bits per heavy atom. The SMILES string of the molecule is Cc1ccccc1N(C)C(=O)CN1CCc2ccccc21. The number of likely N-dealkylation sites (N-methyl/N-ethyl adjacent to an activating group) is 1. The lowest BCUT2D eigenvalue weighted by Crippen LogP contribution is -2.38. The van der Waals surface area contributed by atoms with E-state index in [9.17, 15) is 4.79 Å². The molecule has 0 N–H and O–H groups in total. The van der Waals surface area contributed by atoms with Crippen LogP contribution in [-0.2, 0) is 11.2 Å². The number of anilines is 2. The van der Waals surface area contributed by atoms with Crippen LogP contribution in [0.3, 0.4) is 0 Å². The largest absolute Gasteiger partial charge is 0.362 e. The molecular formula is C18H20N2O. The molecule has 0 unspecified atom stereocenters. The summed E-state index contributed by atoms with van der Waals surface area (Å²) in [4.78, 5) is 16.5. The Kier molecular flexibility index (Phi) is 3.65. The Hall–Kier alpha value is -2.29. The summed E-state index contributed by atoms with van der Waals surface area (Å²) in [6, 6.07) is 16.3. The van der Waals surface area contributed by atoms with E-state index >= 15 is 0 Å². The summed E-state index contributed by atoms with van der Waals surface area (Å²) in [5.41, 5.74) is 4.64. The molecule has 3 nitrogen and oxygen atoms in total. The van der Waals surface area contributed by atoms with Crippen LogP contribution in [0.2, 0.25) is 0 Å². The number of fused-ring (bicyclic) bond motifs is 1. The highest BCUT2D eigenvalue weighted by Crippen LogP contribution is 2.27. The van der Waals surface area contributed by atoms with Crippen LogP contribution in [0.25, 0.3) is 0 Å². The number of carbonyl (C=O) groups excluding carboxylic acids is 1. The van der Waals surface area contributed by atoms with Gasteiger partial charge in [-0.1, -0.05) is 36.4 Å². The maximum absolute atomic E-state index is 12.5. The van der Waals surface area contributed by atoms with Gasteiger partial charge in [-0.25, -0.2) is 0 Å². The van der Waals surface area contributed by atoms with E-state index in [0.29, 0.717) is 6.54 Å². The molecule has 108 valence electrons. The van der Waals surface area contributed by atoms with E-state index in [1.807, 2.05) is 44.3 Å². The number of benzene rings is 2. The van der Waals surface area contributed by atoms with Gasteiger partial charge in [-0.2, -0.15) is 0 Å². The number of carbonyl (C=O) groups is 1. The quantitative estimate of drug-likeness (QED) is 0.863. The van der Waals surface area contributed by atoms with E-state index in [1.54, 1.807) is 4.90 Å². The fourth-order valence-electron chi connectivity index (χ4n) is 2.91. The number of amides is 1. The van der Waals surface area contributed by atoms with Gasteiger partial charge >= 0.3 is 0 Å². The maximum atomic E-state index is 12.5. The van der Waals surface area contributed by atoms with Crippen molar-refractivity contribution in [3.8, 4) is 0 Å².